The summed E-state index contributed by atoms with van der Waals surface area (Å²) in [5.74, 6) is 1.82. The van der Waals surface area contributed by atoms with E-state index in [-0.39, 0.29) is 0 Å². The van der Waals surface area contributed by atoms with Crippen molar-refractivity contribution in [2.24, 2.45) is 0 Å². The van der Waals surface area contributed by atoms with Gasteiger partial charge >= 0.3 is 0 Å². The molecule has 14 aromatic carbocycles. The predicted octanol–water partition coefficient (Wildman–Crippen LogP) is 20.6. The van der Waals surface area contributed by atoms with Crippen LogP contribution in [0.25, 0.3) is 66.1 Å². The lowest BCUT2D eigenvalue weighted by Gasteiger charge is -2.40. The Morgan fingerprint density at radius 1 is 0.235 bits per heavy atom. The first-order chi connectivity index (χ1) is 42.2. The van der Waals surface area contributed by atoms with Crippen molar-refractivity contribution in [1.29, 1.82) is 0 Å². The van der Waals surface area contributed by atoms with Crippen molar-refractivity contribution in [2.75, 3.05) is 4.90 Å². The highest BCUT2D eigenvalue weighted by Crippen LogP contribution is 2.68. The summed E-state index contributed by atoms with van der Waals surface area (Å²) in [6.07, 6.45) is 0. The molecule has 0 aromatic heterocycles. The van der Waals surface area contributed by atoms with Gasteiger partial charge in [0.05, 0.1) is 21.9 Å². The Kier molecular flexibility index (Phi) is 9.43. The first-order valence-electron chi connectivity index (χ1n) is 29.7. The van der Waals surface area contributed by atoms with Gasteiger partial charge in [-0.1, -0.05) is 279 Å². The normalized spacial score (nSPS) is 14.7. The molecule has 1 aliphatic heterocycles. The molecule has 14 aromatic rings. The molecule has 1 heterocycles. The Morgan fingerprint density at radius 2 is 0.588 bits per heavy atom. The molecule has 0 fully saturated rings. The van der Waals surface area contributed by atoms with Gasteiger partial charge in [-0.3, -0.25) is 0 Å². The lowest BCUT2D eigenvalue weighted by Crippen LogP contribution is -2.32. The van der Waals surface area contributed by atoms with Crippen molar-refractivity contribution in [3.8, 4) is 56.0 Å². The highest BCUT2D eigenvalue weighted by molar-refractivity contribution is 6.05. The first kappa shape index (κ1) is 46.8. The molecular formula is C83H51NO. The third-order valence-electron chi connectivity index (χ3n) is 20.0. The second kappa shape index (κ2) is 17.1. The molecule has 0 N–H and O–H groups in total. The summed E-state index contributed by atoms with van der Waals surface area (Å²) in [5.41, 5.74) is 26.7. The average molecular weight is 1080 g/mol. The van der Waals surface area contributed by atoms with Gasteiger partial charge in [-0.25, -0.2) is 0 Å². The number of benzene rings is 14. The van der Waals surface area contributed by atoms with E-state index in [1.807, 2.05) is 0 Å². The third kappa shape index (κ3) is 5.83. The fourth-order valence-electron chi connectivity index (χ4n) is 16.8. The van der Waals surface area contributed by atoms with Crippen LogP contribution in [0.15, 0.2) is 309 Å². The number of rotatable bonds is 5. The van der Waals surface area contributed by atoms with E-state index in [4.69, 9.17) is 4.74 Å². The quantitative estimate of drug-likeness (QED) is 0.170. The van der Waals surface area contributed by atoms with Crippen LogP contribution >= 0.6 is 0 Å². The molecule has 4 aliphatic carbocycles. The van der Waals surface area contributed by atoms with Gasteiger partial charge in [0.15, 0.2) is 0 Å². The Bertz CT molecular complexity index is 4920. The second-order valence-corrected chi connectivity index (χ2v) is 23.6. The lowest BCUT2D eigenvalue weighted by atomic mass is 9.65. The van der Waals surface area contributed by atoms with Gasteiger partial charge in [0.2, 0.25) is 0 Å². The Balaban J connectivity index is 0.916. The molecule has 19 rings (SSSR count). The molecule has 0 radical (unpaired) electrons. The number of hydrogen-bond acceptors (Lipinski definition) is 2. The summed E-state index contributed by atoms with van der Waals surface area (Å²) in [4.78, 5) is 2.59. The SMILES string of the molecule is c1ccc(C2(c3ccccc3)c3ccccc3-c3cc(N(c4ccc5c(c4)-c4ccccc4C54c5ccccc5-c5ccccc54)c4cccc5c4-c4ccccc4C54c5ccc6ccccc6c5Oc5c4ccc4ccccc54)ccc32)cc1. The van der Waals surface area contributed by atoms with E-state index in [1.54, 1.807) is 0 Å². The topological polar surface area (TPSA) is 12.5 Å². The maximum Gasteiger partial charge on any atom is 0.140 e. The van der Waals surface area contributed by atoms with Gasteiger partial charge in [-0.05, 0) is 136 Å². The van der Waals surface area contributed by atoms with Crippen LogP contribution in [0.1, 0.15) is 66.8 Å². The average Bonchev–Trinajstić information content (AvgIpc) is 1.65. The van der Waals surface area contributed by atoms with Gasteiger partial charge < -0.3 is 9.64 Å². The van der Waals surface area contributed by atoms with Gasteiger partial charge in [-0.2, -0.15) is 0 Å². The molecule has 0 amide bonds. The highest BCUT2D eigenvalue weighted by atomic mass is 16.5. The van der Waals surface area contributed by atoms with E-state index in [0.29, 0.717) is 0 Å². The minimum atomic E-state index is -0.737. The van der Waals surface area contributed by atoms with Crippen molar-refractivity contribution < 1.29 is 4.74 Å². The molecule has 0 atom stereocenters. The molecule has 0 bridgehead atoms. The smallest absolute Gasteiger partial charge is 0.140 e. The molecule has 2 nitrogen and oxygen atoms in total. The Morgan fingerprint density at radius 3 is 1.09 bits per heavy atom. The van der Waals surface area contributed by atoms with Gasteiger partial charge in [0.25, 0.3) is 0 Å². The first-order valence-corrected chi connectivity index (χ1v) is 29.7. The van der Waals surface area contributed by atoms with Crippen molar-refractivity contribution >= 4 is 38.6 Å². The van der Waals surface area contributed by atoms with Crippen LogP contribution in [0.2, 0.25) is 0 Å². The molecule has 394 valence electrons. The van der Waals surface area contributed by atoms with Crippen LogP contribution in [0.5, 0.6) is 11.5 Å². The predicted molar refractivity (Wildman–Crippen MR) is 347 cm³/mol. The maximum absolute atomic E-state index is 7.43. The van der Waals surface area contributed by atoms with Crippen molar-refractivity contribution in [2.45, 2.75) is 16.2 Å². The van der Waals surface area contributed by atoms with Gasteiger partial charge in [0.1, 0.15) is 11.5 Å². The molecule has 2 heteroatoms. The Hall–Kier alpha value is -10.8. The van der Waals surface area contributed by atoms with Crippen LogP contribution < -0.4 is 9.64 Å². The number of ether oxygens (including phenoxy) is 1. The highest BCUT2D eigenvalue weighted by Gasteiger charge is 2.55. The van der Waals surface area contributed by atoms with E-state index in [9.17, 15) is 0 Å². The molecule has 2 spiro atoms. The minimum Gasteiger partial charge on any atom is -0.455 e. The molecule has 85 heavy (non-hydrogen) atoms. The van der Waals surface area contributed by atoms with Crippen LogP contribution in [0.3, 0.4) is 0 Å². The Labute approximate surface area is 493 Å². The fraction of sp³-hybridized carbons (Fsp3) is 0.0361. The van der Waals surface area contributed by atoms with Crippen molar-refractivity contribution in [3.63, 3.8) is 0 Å². The summed E-state index contributed by atoms with van der Waals surface area (Å²) in [6, 6.07) is 117. The summed E-state index contributed by atoms with van der Waals surface area (Å²) < 4.78 is 7.43. The summed E-state index contributed by atoms with van der Waals surface area (Å²) in [5, 5.41) is 4.51. The van der Waals surface area contributed by atoms with E-state index < -0.39 is 16.2 Å². The minimum absolute atomic E-state index is 0.477. The van der Waals surface area contributed by atoms with Crippen molar-refractivity contribution in [3.05, 3.63) is 376 Å². The monoisotopic (exact) mass is 1080 g/mol. The van der Waals surface area contributed by atoms with Crippen LogP contribution in [0.4, 0.5) is 17.1 Å². The van der Waals surface area contributed by atoms with E-state index in [0.717, 1.165) is 61.2 Å². The second-order valence-electron chi connectivity index (χ2n) is 23.6. The number of hydrogen-bond donors (Lipinski definition) is 0. The van der Waals surface area contributed by atoms with Crippen LogP contribution in [-0.2, 0) is 16.2 Å². The summed E-state index contributed by atoms with van der Waals surface area (Å²) in [6.45, 7) is 0. The van der Waals surface area contributed by atoms with Gasteiger partial charge in [0, 0.05) is 38.8 Å². The van der Waals surface area contributed by atoms with Gasteiger partial charge in [-0.15, -0.1) is 0 Å². The lowest BCUT2D eigenvalue weighted by molar-refractivity contribution is 0.447. The number of anilines is 3. The van der Waals surface area contributed by atoms with E-state index in [2.05, 4.69) is 314 Å². The molecular weight excluding hydrogens is 1030 g/mol. The molecule has 5 aliphatic rings. The van der Waals surface area contributed by atoms with Crippen molar-refractivity contribution in [1.82, 2.24) is 0 Å². The zero-order chi connectivity index (χ0) is 55.6. The zero-order valence-electron chi connectivity index (χ0n) is 46.3. The third-order valence-corrected chi connectivity index (χ3v) is 20.0. The standard InChI is InChI=1S/C83H51NO/c1-3-24-54(25-4-1)81(55-26-5-2-6-27-55)67-35-16-13-32-62(67)65-50-56(44-48-72(65)81)84(57-45-49-73-66(51-57)63-33-14-19-38-70(63)82(73)68-36-17-11-30-60(68)61-31-12-18-37-69(61)82)77-41-21-40-74-78(77)64-34-15-20-39-71(64)83(74)75-46-42-52-22-7-9-28-58(52)79(75)85-80-59-29-10-8-23-53(59)43-47-76(80)83/h1-51H. The molecule has 0 saturated carbocycles. The van der Waals surface area contributed by atoms with E-state index in [1.165, 1.54) is 100 Å². The number of fused-ring (bicyclic) bond motifs is 26. The molecule has 0 saturated heterocycles. The van der Waals surface area contributed by atoms with Crippen LogP contribution in [0, 0.1) is 0 Å². The van der Waals surface area contributed by atoms with E-state index >= 15 is 0 Å². The van der Waals surface area contributed by atoms with Crippen LogP contribution in [-0.4, -0.2) is 0 Å². The largest absolute Gasteiger partial charge is 0.455 e. The zero-order valence-corrected chi connectivity index (χ0v) is 46.3. The fourth-order valence-corrected chi connectivity index (χ4v) is 16.8. The summed E-state index contributed by atoms with van der Waals surface area (Å²) in [7, 11) is 0. The maximum atomic E-state index is 7.43. The molecule has 0 unspecified atom stereocenters. The number of nitrogens with zero attached hydrogens (tertiary/aromatic N) is 1. The summed E-state index contributed by atoms with van der Waals surface area (Å²) >= 11 is 0.